The quantitative estimate of drug-likeness (QED) is 0.617. The molecular formula is C22H22F3N3O. The number of aromatic nitrogens is 1. The molecule has 3 aromatic rings. The topological polar surface area (TPSA) is 32.5 Å². The lowest BCUT2D eigenvalue weighted by molar-refractivity contribution is -0.137. The van der Waals surface area contributed by atoms with Crippen molar-refractivity contribution in [2.75, 3.05) is 31.1 Å². The molecule has 29 heavy (non-hydrogen) atoms. The number of halogens is 3. The van der Waals surface area contributed by atoms with Crippen molar-refractivity contribution >= 4 is 5.69 Å². The molecule has 0 amide bonds. The average Bonchev–Trinajstić information content (AvgIpc) is 3.09. The second-order valence-electron chi connectivity index (χ2n) is 7.20. The lowest BCUT2D eigenvalue weighted by Crippen LogP contribution is -2.46. The van der Waals surface area contributed by atoms with Gasteiger partial charge in [0.25, 0.3) is 0 Å². The molecule has 7 heteroatoms. The predicted octanol–water partition coefficient (Wildman–Crippen LogP) is 4.99. The number of aryl methyl sites for hydroxylation is 1. The Balaban J connectivity index is 1.39. The van der Waals surface area contributed by atoms with Gasteiger partial charge in [0.15, 0.2) is 0 Å². The Bertz CT molecular complexity index is 961. The second-order valence-corrected chi connectivity index (χ2v) is 7.20. The highest BCUT2D eigenvalue weighted by Gasteiger charge is 2.31. The van der Waals surface area contributed by atoms with Crippen molar-refractivity contribution in [3.8, 4) is 11.5 Å². The number of rotatable bonds is 4. The van der Waals surface area contributed by atoms with E-state index in [1.54, 1.807) is 6.07 Å². The van der Waals surface area contributed by atoms with Gasteiger partial charge < -0.3 is 9.32 Å². The first-order chi connectivity index (χ1) is 13.9. The number of piperazine rings is 1. The normalized spacial score (nSPS) is 15.7. The predicted molar refractivity (Wildman–Crippen MR) is 106 cm³/mol. The minimum atomic E-state index is -4.32. The average molecular weight is 401 g/mol. The molecule has 0 bridgehead atoms. The van der Waals surface area contributed by atoms with E-state index in [-0.39, 0.29) is 0 Å². The molecule has 4 rings (SSSR count). The molecule has 0 atom stereocenters. The molecule has 4 nitrogen and oxygen atoms in total. The third kappa shape index (κ3) is 4.45. The molecule has 1 saturated heterocycles. The van der Waals surface area contributed by atoms with Crippen LogP contribution in [0.1, 0.15) is 17.0 Å². The summed E-state index contributed by atoms with van der Waals surface area (Å²) in [7, 11) is 0. The van der Waals surface area contributed by atoms with Crippen LogP contribution in [0.2, 0.25) is 0 Å². The van der Waals surface area contributed by atoms with Crippen molar-refractivity contribution in [3.05, 3.63) is 71.6 Å². The highest BCUT2D eigenvalue weighted by Crippen LogP contribution is 2.32. The second kappa shape index (κ2) is 7.91. The van der Waals surface area contributed by atoms with Crippen LogP contribution < -0.4 is 4.90 Å². The summed E-state index contributed by atoms with van der Waals surface area (Å²) in [6.45, 7) is 5.42. The Labute approximate surface area is 167 Å². The number of anilines is 1. The summed E-state index contributed by atoms with van der Waals surface area (Å²) in [5.41, 5.74) is 1.85. The molecular weight excluding hydrogens is 379 g/mol. The SMILES string of the molecule is Cc1oc(-c2ccccc2)nc1CN1CCN(c2cccc(C(F)(F)F)c2)CC1. The van der Waals surface area contributed by atoms with Gasteiger partial charge in [-0.25, -0.2) is 4.98 Å². The van der Waals surface area contributed by atoms with E-state index < -0.39 is 11.7 Å². The number of benzene rings is 2. The molecule has 1 aliphatic rings. The third-order valence-electron chi connectivity index (χ3n) is 5.20. The number of nitrogens with zero attached hydrogens (tertiary/aromatic N) is 3. The Morgan fingerprint density at radius 3 is 2.38 bits per heavy atom. The van der Waals surface area contributed by atoms with Gasteiger partial charge in [-0.1, -0.05) is 24.3 Å². The molecule has 0 saturated carbocycles. The maximum atomic E-state index is 13.0. The fourth-order valence-corrected chi connectivity index (χ4v) is 3.53. The zero-order valence-electron chi connectivity index (χ0n) is 16.1. The van der Waals surface area contributed by atoms with Gasteiger partial charge in [0.1, 0.15) is 5.76 Å². The van der Waals surface area contributed by atoms with Crippen LogP contribution in [0.15, 0.2) is 59.0 Å². The molecule has 1 aromatic heterocycles. The molecule has 2 heterocycles. The third-order valence-corrected chi connectivity index (χ3v) is 5.20. The zero-order valence-corrected chi connectivity index (χ0v) is 16.1. The van der Waals surface area contributed by atoms with Gasteiger partial charge in [-0.3, -0.25) is 4.90 Å². The number of alkyl halides is 3. The fourth-order valence-electron chi connectivity index (χ4n) is 3.53. The molecule has 0 unspecified atom stereocenters. The van der Waals surface area contributed by atoms with Gasteiger partial charge in [-0.15, -0.1) is 0 Å². The largest absolute Gasteiger partial charge is 0.441 e. The van der Waals surface area contributed by atoms with Crippen molar-refractivity contribution in [2.24, 2.45) is 0 Å². The van der Waals surface area contributed by atoms with Crippen LogP contribution in [0.3, 0.4) is 0 Å². The molecule has 0 N–H and O–H groups in total. The van der Waals surface area contributed by atoms with Gasteiger partial charge in [0, 0.05) is 44.0 Å². The van der Waals surface area contributed by atoms with E-state index >= 15 is 0 Å². The summed E-state index contributed by atoms with van der Waals surface area (Å²) in [5.74, 6) is 1.41. The fraction of sp³-hybridized carbons (Fsp3) is 0.318. The van der Waals surface area contributed by atoms with Crippen LogP contribution in [0.5, 0.6) is 0 Å². The Morgan fingerprint density at radius 2 is 1.69 bits per heavy atom. The first-order valence-corrected chi connectivity index (χ1v) is 9.56. The van der Waals surface area contributed by atoms with E-state index in [0.717, 1.165) is 36.2 Å². The molecule has 0 aliphatic carbocycles. The summed E-state index contributed by atoms with van der Waals surface area (Å²) >= 11 is 0. The van der Waals surface area contributed by atoms with Crippen LogP contribution in [0.25, 0.3) is 11.5 Å². The minimum Gasteiger partial charge on any atom is -0.441 e. The highest BCUT2D eigenvalue weighted by atomic mass is 19.4. The Morgan fingerprint density at radius 1 is 0.966 bits per heavy atom. The van der Waals surface area contributed by atoms with Crippen molar-refractivity contribution in [1.82, 2.24) is 9.88 Å². The smallest absolute Gasteiger partial charge is 0.416 e. The lowest BCUT2D eigenvalue weighted by Gasteiger charge is -2.36. The molecule has 0 spiro atoms. The van der Waals surface area contributed by atoms with E-state index in [4.69, 9.17) is 4.42 Å². The zero-order chi connectivity index (χ0) is 20.4. The first kappa shape index (κ1) is 19.5. The Hall–Kier alpha value is -2.80. The van der Waals surface area contributed by atoms with Crippen LogP contribution in [0, 0.1) is 6.92 Å². The first-order valence-electron chi connectivity index (χ1n) is 9.56. The van der Waals surface area contributed by atoms with Gasteiger partial charge >= 0.3 is 6.18 Å². The van der Waals surface area contributed by atoms with E-state index in [2.05, 4.69) is 9.88 Å². The minimum absolute atomic E-state index is 0.607. The number of hydrogen-bond donors (Lipinski definition) is 0. The number of hydrogen-bond acceptors (Lipinski definition) is 4. The molecule has 0 radical (unpaired) electrons. The standard InChI is InChI=1S/C22H22F3N3O/c1-16-20(26-21(29-16)17-6-3-2-4-7-17)15-27-10-12-28(13-11-27)19-9-5-8-18(14-19)22(23,24)25/h2-9,14H,10-13,15H2,1H3. The maximum absolute atomic E-state index is 13.0. The highest BCUT2D eigenvalue weighted by molar-refractivity contribution is 5.53. The summed E-state index contributed by atoms with van der Waals surface area (Å²) in [6.07, 6.45) is -4.32. The van der Waals surface area contributed by atoms with Crippen molar-refractivity contribution in [2.45, 2.75) is 19.6 Å². The van der Waals surface area contributed by atoms with Crippen LogP contribution in [0.4, 0.5) is 18.9 Å². The van der Waals surface area contributed by atoms with Crippen LogP contribution in [-0.2, 0) is 12.7 Å². The summed E-state index contributed by atoms with van der Waals surface area (Å²) < 4.78 is 44.7. The van der Waals surface area contributed by atoms with Gasteiger partial charge in [-0.05, 0) is 37.3 Å². The van der Waals surface area contributed by atoms with E-state index in [9.17, 15) is 13.2 Å². The summed E-state index contributed by atoms with van der Waals surface area (Å²) in [4.78, 5) is 8.89. The maximum Gasteiger partial charge on any atom is 0.416 e. The number of oxazole rings is 1. The van der Waals surface area contributed by atoms with Crippen LogP contribution >= 0.6 is 0 Å². The van der Waals surface area contributed by atoms with E-state index in [1.807, 2.05) is 42.2 Å². The van der Waals surface area contributed by atoms with Gasteiger partial charge in [0.05, 0.1) is 11.3 Å². The summed E-state index contributed by atoms with van der Waals surface area (Å²) in [5, 5.41) is 0. The van der Waals surface area contributed by atoms with Gasteiger partial charge in [-0.2, -0.15) is 13.2 Å². The van der Waals surface area contributed by atoms with Crippen molar-refractivity contribution in [3.63, 3.8) is 0 Å². The van der Waals surface area contributed by atoms with E-state index in [0.29, 0.717) is 31.2 Å². The molecule has 152 valence electrons. The van der Waals surface area contributed by atoms with Gasteiger partial charge in [0.2, 0.25) is 5.89 Å². The van der Waals surface area contributed by atoms with Crippen molar-refractivity contribution in [1.29, 1.82) is 0 Å². The van der Waals surface area contributed by atoms with E-state index in [1.165, 1.54) is 12.1 Å². The summed E-state index contributed by atoms with van der Waals surface area (Å²) in [6, 6.07) is 15.3. The van der Waals surface area contributed by atoms with Crippen molar-refractivity contribution < 1.29 is 17.6 Å². The molecule has 1 aliphatic heterocycles. The monoisotopic (exact) mass is 401 g/mol. The lowest BCUT2D eigenvalue weighted by atomic mass is 10.1. The Kier molecular flexibility index (Phi) is 5.32. The molecule has 1 fully saturated rings. The molecule has 2 aromatic carbocycles. The van der Waals surface area contributed by atoms with Crippen LogP contribution in [-0.4, -0.2) is 36.1 Å².